The van der Waals surface area contributed by atoms with E-state index in [0.717, 1.165) is 81.6 Å². The Balaban J connectivity index is 0.000000718. The zero-order valence-corrected chi connectivity index (χ0v) is 58.2. The summed E-state index contributed by atoms with van der Waals surface area (Å²) in [7, 11) is -4.30. The molecule has 2 amide bonds. The lowest BCUT2D eigenvalue weighted by Crippen LogP contribution is -2.42. The molecule has 0 saturated heterocycles. The highest BCUT2D eigenvalue weighted by Crippen LogP contribution is 2.22. The predicted molar refractivity (Wildman–Crippen MR) is 363 cm³/mol. The Morgan fingerprint density at radius 2 is 0.872 bits per heavy atom. The fourth-order valence-electron chi connectivity index (χ4n) is 11.2. The molecule has 1 heterocycles. The van der Waals surface area contributed by atoms with Crippen LogP contribution in [-0.2, 0) is 27.3 Å². The number of aliphatic imine (C=N–C) groups is 1. The Morgan fingerprint density at radius 1 is 0.500 bits per heavy atom. The summed E-state index contributed by atoms with van der Waals surface area (Å²) in [6.45, 7) is 23.6. The molecule has 1 aliphatic rings. The van der Waals surface area contributed by atoms with E-state index in [4.69, 9.17) is 22.8 Å². The van der Waals surface area contributed by atoms with Crippen molar-refractivity contribution >= 4 is 40.7 Å². The van der Waals surface area contributed by atoms with E-state index in [-0.39, 0.29) is 23.3 Å². The molecule has 0 unspecified atom stereocenters. The standard InChI is InChI=1S/C35H64N2O5Si.C18H36O2.C17H28N2O3Si/c1-5-8-9-10-11-12-13-14-15-16-17-18-19-20-21-23-34(39)36-28-30-37(35(40)32-24-26-33(38)27-25-32)29-22-31-43(4,41-6-2)42-7-3;1-2-3-4-5-6-7-8-9-10-11-12-13-14-15-16-17-18(19)20;1-4-21-23(3,22-5-2)14-6-12-19-13-11-18-17(19)15-7-9-16(20)10-8-15/h24-27,38H,5-23,28-31H2,1-4H3,(H,36,39);2-17H2,1H3,(H,19,20);7-10,20H,4-6,11-14H2,1-3H3. The van der Waals surface area contributed by atoms with E-state index >= 15 is 0 Å². The van der Waals surface area contributed by atoms with Crippen LogP contribution in [0.1, 0.15) is 276 Å². The molecular formula is C70H128N4O10Si2. The van der Waals surface area contributed by atoms with Crippen molar-refractivity contribution in [2.24, 2.45) is 4.99 Å². The van der Waals surface area contributed by atoms with Gasteiger partial charge in [-0.1, -0.05) is 194 Å². The lowest BCUT2D eigenvalue weighted by molar-refractivity contribution is -0.137. The highest BCUT2D eigenvalue weighted by molar-refractivity contribution is 6.66. The predicted octanol–water partition coefficient (Wildman–Crippen LogP) is 18.1. The number of nitrogens with one attached hydrogen (secondary N) is 1. The maximum atomic E-state index is 13.2. The number of phenols is 2. The van der Waals surface area contributed by atoms with Crippen molar-refractivity contribution in [2.75, 3.05) is 65.7 Å². The van der Waals surface area contributed by atoms with E-state index in [0.29, 0.717) is 64.5 Å². The van der Waals surface area contributed by atoms with Crippen LogP contribution < -0.4 is 5.32 Å². The smallest absolute Gasteiger partial charge is 0.334 e. The second-order valence-electron chi connectivity index (χ2n) is 23.9. The molecule has 0 aliphatic carbocycles. The van der Waals surface area contributed by atoms with Gasteiger partial charge in [-0.2, -0.15) is 0 Å². The Labute approximate surface area is 527 Å². The number of carboxylic acids is 1. The van der Waals surface area contributed by atoms with Crippen LogP contribution in [0.15, 0.2) is 53.5 Å². The second kappa shape index (κ2) is 54.2. The van der Waals surface area contributed by atoms with Crippen molar-refractivity contribution in [3.05, 3.63) is 59.7 Å². The Morgan fingerprint density at radius 3 is 1.27 bits per heavy atom. The Kier molecular flexibility index (Phi) is 50.5. The van der Waals surface area contributed by atoms with Gasteiger partial charge in [-0.05, 0) is 127 Å². The van der Waals surface area contributed by atoms with Gasteiger partial charge in [0, 0.05) is 83.1 Å². The van der Waals surface area contributed by atoms with Gasteiger partial charge in [0.1, 0.15) is 17.3 Å². The zero-order chi connectivity index (χ0) is 63.2. The maximum Gasteiger partial charge on any atom is 0.334 e. The summed E-state index contributed by atoms with van der Waals surface area (Å²) in [5.74, 6) is 0.742. The molecule has 4 N–H and O–H groups in total. The molecule has 2 aromatic rings. The molecular weight excluding hydrogens is 1110 g/mol. The molecule has 0 atom stereocenters. The molecule has 16 heteroatoms. The molecule has 0 bridgehead atoms. The van der Waals surface area contributed by atoms with E-state index in [1.807, 2.05) is 39.8 Å². The van der Waals surface area contributed by atoms with Crippen molar-refractivity contribution in [3.63, 3.8) is 0 Å². The number of amides is 2. The molecule has 86 heavy (non-hydrogen) atoms. The normalized spacial score (nSPS) is 12.3. The average molecular weight is 1240 g/mol. The highest BCUT2D eigenvalue weighted by atomic mass is 28.4. The van der Waals surface area contributed by atoms with Crippen molar-refractivity contribution < 1.29 is 47.4 Å². The molecule has 0 fully saturated rings. The summed E-state index contributed by atoms with van der Waals surface area (Å²) in [6, 6.07) is 15.4. The molecule has 0 spiro atoms. The summed E-state index contributed by atoms with van der Waals surface area (Å²) < 4.78 is 23.7. The number of hydrogen-bond donors (Lipinski definition) is 4. The van der Waals surface area contributed by atoms with Crippen LogP contribution in [0.3, 0.4) is 0 Å². The van der Waals surface area contributed by atoms with Gasteiger partial charge in [0.05, 0.1) is 6.54 Å². The molecule has 3 rings (SSSR count). The van der Waals surface area contributed by atoms with Gasteiger partial charge in [-0.25, -0.2) is 0 Å². The van der Waals surface area contributed by atoms with Gasteiger partial charge >= 0.3 is 23.1 Å². The summed E-state index contributed by atoms with van der Waals surface area (Å²) in [6.07, 6.45) is 42.2. The van der Waals surface area contributed by atoms with Crippen molar-refractivity contribution in [1.29, 1.82) is 0 Å². The topological polar surface area (TPSA) is 180 Å². The molecule has 496 valence electrons. The van der Waals surface area contributed by atoms with Gasteiger partial charge in [-0.3, -0.25) is 19.4 Å². The van der Waals surface area contributed by atoms with Gasteiger partial charge in [0.15, 0.2) is 0 Å². The Hall–Kier alpha value is -3.81. The van der Waals surface area contributed by atoms with Gasteiger partial charge in [0.2, 0.25) is 5.91 Å². The Bertz CT molecular complexity index is 1950. The largest absolute Gasteiger partial charge is 0.508 e. The van der Waals surface area contributed by atoms with Crippen molar-refractivity contribution in [2.45, 2.75) is 285 Å². The summed E-state index contributed by atoms with van der Waals surface area (Å²) in [4.78, 5) is 44.8. The summed E-state index contributed by atoms with van der Waals surface area (Å²) >= 11 is 0. The number of hydrogen-bond acceptors (Lipinski definition) is 11. The maximum absolute atomic E-state index is 13.2. The minimum Gasteiger partial charge on any atom is -0.508 e. The van der Waals surface area contributed by atoms with E-state index in [1.54, 1.807) is 29.2 Å². The number of carbonyl (C=O) groups excluding carboxylic acids is 2. The van der Waals surface area contributed by atoms with Crippen LogP contribution in [0.2, 0.25) is 25.2 Å². The van der Waals surface area contributed by atoms with Crippen LogP contribution >= 0.6 is 0 Å². The third-order valence-corrected chi connectivity index (χ3v) is 22.2. The fraction of sp³-hybridized carbons (Fsp3) is 0.771. The van der Waals surface area contributed by atoms with Crippen LogP contribution in [-0.4, -0.2) is 132 Å². The second-order valence-corrected chi connectivity index (χ2v) is 30.6. The number of aliphatic carboxylic acids is 1. The zero-order valence-electron chi connectivity index (χ0n) is 56.2. The van der Waals surface area contributed by atoms with Crippen LogP contribution in [0.25, 0.3) is 0 Å². The lowest BCUT2D eigenvalue weighted by atomic mass is 10.0. The highest BCUT2D eigenvalue weighted by Gasteiger charge is 2.32. The van der Waals surface area contributed by atoms with Crippen molar-refractivity contribution in [1.82, 2.24) is 15.1 Å². The van der Waals surface area contributed by atoms with E-state index in [2.05, 4.69) is 42.2 Å². The van der Waals surface area contributed by atoms with E-state index in [1.165, 1.54) is 179 Å². The van der Waals surface area contributed by atoms with Gasteiger partial charge < -0.3 is 48.1 Å². The number of carbonyl (C=O) groups is 3. The number of amidine groups is 1. The SMILES string of the molecule is CCCCCCCCCCCCCCCCCC(=O)NCCN(CCC[Si](C)(OCC)OCC)C(=O)c1ccc(O)cc1.CCCCCCCCCCCCCCCCCC(=O)O.CCO[Si](C)(CCCN1CCN=C1c1ccc(O)cc1)OCC. The average Bonchev–Trinajstić information content (AvgIpc) is 3.06. The molecule has 0 radical (unpaired) electrons. The number of aromatic hydroxyl groups is 2. The van der Waals surface area contributed by atoms with E-state index in [9.17, 15) is 24.6 Å². The minimum atomic E-state index is -2.27. The number of phenolic OH excluding ortho intramolecular Hbond substituents is 2. The van der Waals surface area contributed by atoms with Crippen LogP contribution in [0, 0.1) is 0 Å². The van der Waals surface area contributed by atoms with Gasteiger partial charge in [0.25, 0.3) is 5.91 Å². The van der Waals surface area contributed by atoms with Crippen molar-refractivity contribution in [3.8, 4) is 11.5 Å². The minimum absolute atomic E-state index is 0.0550. The quantitative estimate of drug-likeness (QED) is 0.0366. The molecule has 2 aromatic carbocycles. The monoisotopic (exact) mass is 1240 g/mol. The number of benzene rings is 2. The third kappa shape index (κ3) is 43.0. The summed E-state index contributed by atoms with van der Waals surface area (Å²) in [5.41, 5.74) is 1.59. The fourth-order valence-corrected chi connectivity index (χ4v) is 16.0. The lowest BCUT2D eigenvalue weighted by Gasteiger charge is -2.28. The first-order chi connectivity index (χ1) is 41.7. The molecule has 0 aromatic heterocycles. The van der Waals surface area contributed by atoms with Gasteiger partial charge in [-0.15, -0.1) is 0 Å². The van der Waals surface area contributed by atoms with Crippen LogP contribution in [0.5, 0.6) is 11.5 Å². The number of carboxylic acid groups (broad SMARTS) is 1. The number of nitrogens with zero attached hydrogens (tertiary/aromatic N) is 3. The van der Waals surface area contributed by atoms with Crippen LogP contribution in [0.4, 0.5) is 0 Å². The first kappa shape index (κ1) is 80.2. The van der Waals surface area contributed by atoms with E-state index < -0.39 is 23.1 Å². The first-order valence-corrected chi connectivity index (χ1v) is 40.0. The molecule has 1 aliphatic heterocycles. The summed E-state index contributed by atoms with van der Waals surface area (Å²) in [5, 5.41) is 30.6. The molecule has 0 saturated carbocycles. The number of unbranched alkanes of at least 4 members (excludes halogenated alkanes) is 28. The first-order valence-electron chi connectivity index (χ1n) is 34.9. The third-order valence-electron chi connectivity index (χ3n) is 16.1. The molecule has 14 nitrogen and oxygen atoms in total. The number of rotatable bonds is 53.